The highest BCUT2D eigenvalue weighted by atomic mass is 32.2. The Morgan fingerprint density at radius 3 is 2.55 bits per heavy atom. The van der Waals surface area contributed by atoms with Gasteiger partial charge >= 0.3 is 6.18 Å². The number of alkyl halides is 3. The van der Waals surface area contributed by atoms with Gasteiger partial charge in [-0.1, -0.05) is 18.2 Å². The van der Waals surface area contributed by atoms with E-state index in [1.165, 1.54) is 13.0 Å². The van der Waals surface area contributed by atoms with Gasteiger partial charge in [-0.15, -0.1) is 0 Å². The van der Waals surface area contributed by atoms with Crippen molar-refractivity contribution in [3.05, 3.63) is 35.4 Å². The van der Waals surface area contributed by atoms with Crippen molar-refractivity contribution in [2.24, 2.45) is 0 Å². The Morgan fingerprint density at radius 1 is 1.36 bits per heavy atom. The van der Waals surface area contributed by atoms with Crippen molar-refractivity contribution < 1.29 is 26.4 Å². The first-order valence-corrected chi connectivity index (χ1v) is 8.49. The predicted molar refractivity (Wildman–Crippen MR) is 74.7 cm³/mol. The largest absolute Gasteiger partial charge is 0.416 e. The molecule has 0 bridgehead atoms. The maximum Gasteiger partial charge on any atom is 0.416 e. The Labute approximate surface area is 126 Å². The molecule has 2 rings (SSSR count). The van der Waals surface area contributed by atoms with Gasteiger partial charge in [-0.05, 0) is 31.4 Å². The van der Waals surface area contributed by atoms with E-state index in [2.05, 4.69) is 5.32 Å². The second-order valence-electron chi connectivity index (χ2n) is 5.43. The van der Waals surface area contributed by atoms with Gasteiger partial charge in [0.15, 0.2) is 9.84 Å². The molecule has 0 unspecified atom stereocenters. The van der Waals surface area contributed by atoms with Gasteiger partial charge in [-0.3, -0.25) is 4.79 Å². The molecule has 0 aliphatic heterocycles. The van der Waals surface area contributed by atoms with E-state index in [0.717, 1.165) is 31.0 Å². The second kappa shape index (κ2) is 5.91. The molecule has 1 amide bonds. The highest BCUT2D eigenvalue weighted by Gasteiger charge is 2.34. The molecule has 122 valence electrons. The molecule has 4 nitrogen and oxygen atoms in total. The zero-order valence-electron chi connectivity index (χ0n) is 11.9. The summed E-state index contributed by atoms with van der Waals surface area (Å²) in [5.74, 6) is -1.20. The lowest BCUT2D eigenvalue weighted by Crippen LogP contribution is -2.39. The van der Waals surface area contributed by atoms with E-state index in [9.17, 15) is 26.4 Å². The van der Waals surface area contributed by atoms with Crippen molar-refractivity contribution in [1.82, 2.24) is 5.32 Å². The van der Waals surface area contributed by atoms with Gasteiger partial charge in [0.1, 0.15) is 5.25 Å². The average Bonchev–Trinajstić information content (AvgIpc) is 3.20. The summed E-state index contributed by atoms with van der Waals surface area (Å²) in [5, 5.41) is 1.29. The zero-order chi connectivity index (χ0) is 16.5. The van der Waals surface area contributed by atoms with Gasteiger partial charge in [-0.25, -0.2) is 8.42 Å². The summed E-state index contributed by atoms with van der Waals surface area (Å²) in [6.07, 6.45) is -2.88. The molecule has 1 saturated carbocycles. The van der Waals surface area contributed by atoms with Crippen LogP contribution in [0.4, 0.5) is 13.2 Å². The molecule has 1 fully saturated rings. The van der Waals surface area contributed by atoms with Crippen molar-refractivity contribution in [1.29, 1.82) is 0 Å². The summed E-state index contributed by atoms with van der Waals surface area (Å²) >= 11 is 0. The lowest BCUT2D eigenvalue weighted by atomic mass is 10.1. The molecule has 1 aliphatic carbocycles. The van der Waals surface area contributed by atoms with Crippen LogP contribution in [0.15, 0.2) is 24.3 Å². The number of carbonyl (C=O) groups is 1. The molecule has 0 radical (unpaired) electrons. The van der Waals surface area contributed by atoms with Crippen LogP contribution in [0.1, 0.15) is 30.9 Å². The number of hydrogen-bond acceptors (Lipinski definition) is 3. The summed E-state index contributed by atoms with van der Waals surface area (Å²) in [7, 11) is -3.87. The van der Waals surface area contributed by atoms with Crippen LogP contribution in [0.25, 0.3) is 0 Å². The van der Waals surface area contributed by atoms with Gasteiger partial charge in [0.05, 0.1) is 11.3 Å². The number of nitrogens with one attached hydrogen (secondary N) is 1. The summed E-state index contributed by atoms with van der Waals surface area (Å²) in [5.41, 5.74) is -0.892. The van der Waals surface area contributed by atoms with Crippen molar-refractivity contribution in [2.45, 2.75) is 43.0 Å². The van der Waals surface area contributed by atoms with Crippen LogP contribution < -0.4 is 5.32 Å². The molecule has 1 atom stereocenters. The van der Waals surface area contributed by atoms with E-state index in [1.54, 1.807) is 0 Å². The molecule has 8 heteroatoms. The molecular formula is C14H16F3NO3S. The Kier molecular flexibility index (Phi) is 4.51. The van der Waals surface area contributed by atoms with Crippen molar-refractivity contribution >= 4 is 15.7 Å². The van der Waals surface area contributed by atoms with E-state index in [-0.39, 0.29) is 11.6 Å². The van der Waals surface area contributed by atoms with Crippen molar-refractivity contribution in [2.75, 3.05) is 0 Å². The molecule has 0 spiro atoms. The first kappa shape index (κ1) is 16.8. The van der Waals surface area contributed by atoms with E-state index in [1.807, 2.05) is 0 Å². The molecule has 1 aromatic rings. The standard InChI is InChI=1S/C14H16F3NO3S/c1-9(13(19)18-12-5-6-12)22(20,21)8-10-3-2-4-11(7-10)14(15,16)17/h2-4,7,9,12H,5-6,8H2,1H3,(H,18,19)/t9-/m1/s1. The molecule has 1 aliphatic rings. The summed E-state index contributed by atoms with van der Waals surface area (Å²) in [4.78, 5) is 11.8. The molecule has 0 aromatic heterocycles. The van der Waals surface area contributed by atoms with Crippen LogP contribution in [-0.2, 0) is 26.6 Å². The average molecular weight is 335 g/mol. The van der Waals surface area contributed by atoms with Crippen LogP contribution in [0.2, 0.25) is 0 Å². The Hall–Kier alpha value is -1.57. The Balaban J connectivity index is 2.12. The quantitative estimate of drug-likeness (QED) is 0.898. The van der Waals surface area contributed by atoms with E-state index in [0.29, 0.717) is 0 Å². The van der Waals surface area contributed by atoms with Gasteiger partial charge < -0.3 is 5.32 Å². The van der Waals surface area contributed by atoms with E-state index in [4.69, 9.17) is 0 Å². The number of sulfone groups is 1. The minimum atomic E-state index is -4.53. The number of amides is 1. The van der Waals surface area contributed by atoms with Gasteiger partial charge in [0.2, 0.25) is 5.91 Å². The fraction of sp³-hybridized carbons (Fsp3) is 0.500. The minimum Gasteiger partial charge on any atom is -0.352 e. The smallest absolute Gasteiger partial charge is 0.352 e. The first-order chi connectivity index (χ1) is 10.1. The van der Waals surface area contributed by atoms with Gasteiger partial charge in [0.25, 0.3) is 0 Å². The first-order valence-electron chi connectivity index (χ1n) is 6.77. The third-order valence-corrected chi connectivity index (χ3v) is 5.48. The van der Waals surface area contributed by atoms with Crippen molar-refractivity contribution in [3.63, 3.8) is 0 Å². The normalized spacial score (nSPS) is 17.1. The van der Waals surface area contributed by atoms with E-state index < -0.39 is 38.5 Å². The summed E-state index contributed by atoms with van der Waals surface area (Å²) in [6.45, 7) is 1.25. The van der Waals surface area contributed by atoms with Gasteiger partial charge in [-0.2, -0.15) is 13.2 Å². The minimum absolute atomic E-state index is 0.0147. The zero-order valence-corrected chi connectivity index (χ0v) is 12.7. The third-order valence-electron chi connectivity index (χ3n) is 3.45. The lowest BCUT2D eigenvalue weighted by Gasteiger charge is -2.14. The van der Waals surface area contributed by atoms with E-state index >= 15 is 0 Å². The third kappa shape index (κ3) is 4.22. The number of carbonyl (C=O) groups excluding carboxylic acids is 1. The molecule has 1 aromatic carbocycles. The summed E-state index contributed by atoms with van der Waals surface area (Å²) in [6, 6.07) is 4.15. The van der Waals surface area contributed by atoms with Crippen LogP contribution in [-0.4, -0.2) is 25.6 Å². The Bertz CT molecular complexity index is 666. The molecule has 0 saturated heterocycles. The molecule has 0 heterocycles. The SMILES string of the molecule is C[C@H](C(=O)NC1CC1)S(=O)(=O)Cc1cccc(C(F)(F)F)c1. The number of hydrogen-bond donors (Lipinski definition) is 1. The monoisotopic (exact) mass is 335 g/mol. The fourth-order valence-electron chi connectivity index (χ4n) is 1.90. The maximum atomic E-state index is 12.6. The van der Waals surface area contributed by atoms with Crippen LogP contribution in [0.3, 0.4) is 0 Å². The van der Waals surface area contributed by atoms with Crippen molar-refractivity contribution in [3.8, 4) is 0 Å². The topological polar surface area (TPSA) is 63.2 Å². The second-order valence-corrected chi connectivity index (χ2v) is 7.75. The van der Waals surface area contributed by atoms with Crippen LogP contribution in [0, 0.1) is 0 Å². The molecular weight excluding hydrogens is 319 g/mol. The predicted octanol–water partition coefficient (Wildman–Crippen LogP) is 2.29. The lowest BCUT2D eigenvalue weighted by molar-refractivity contribution is -0.137. The number of halogens is 3. The van der Waals surface area contributed by atoms with Gasteiger partial charge in [0, 0.05) is 6.04 Å². The highest BCUT2D eigenvalue weighted by Crippen LogP contribution is 2.30. The number of rotatable bonds is 5. The Morgan fingerprint density at radius 2 is 2.00 bits per heavy atom. The summed E-state index contributed by atoms with van der Waals surface area (Å²) < 4.78 is 62.2. The molecule has 22 heavy (non-hydrogen) atoms. The van der Waals surface area contributed by atoms with Crippen LogP contribution in [0.5, 0.6) is 0 Å². The fourth-order valence-corrected chi connectivity index (χ4v) is 3.19. The number of benzene rings is 1. The van der Waals surface area contributed by atoms with Crippen LogP contribution >= 0.6 is 0 Å². The maximum absolute atomic E-state index is 12.6. The molecule has 1 N–H and O–H groups in total. The highest BCUT2D eigenvalue weighted by molar-refractivity contribution is 7.92.